The normalized spacial score (nSPS) is 10.6. The maximum atomic E-state index is 12.3. The summed E-state index contributed by atoms with van der Waals surface area (Å²) in [7, 11) is 1.86. The van der Waals surface area contributed by atoms with Crippen molar-refractivity contribution in [2.24, 2.45) is 7.05 Å². The number of pyridine rings is 1. The number of thioether (sulfide) groups is 1. The predicted octanol–water partition coefficient (Wildman–Crippen LogP) is 3.56. The van der Waals surface area contributed by atoms with Crippen LogP contribution in [0, 0.1) is 0 Å². The van der Waals surface area contributed by atoms with Gasteiger partial charge in [0, 0.05) is 30.7 Å². The highest BCUT2D eigenvalue weighted by Crippen LogP contribution is 2.22. The Labute approximate surface area is 179 Å². The lowest BCUT2D eigenvalue weighted by molar-refractivity contribution is -0.113. The molecule has 9 heteroatoms. The molecule has 0 bridgehead atoms. The van der Waals surface area contributed by atoms with Crippen molar-refractivity contribution in [1.29, 1.82) is 0 Å². The highest BCUT2D eigenvalue weighted by atomic mass is 32.2. The molecule has 0 aliphatic rings. The van der Waals surface area contributed by atoms with Gasteiger partial charge in [0.1, 0.15) is 0 Å². The summed E-state index contributed by atoms with van der Waals surface area (Å²) >= 11 is 1.30. The lowest BCUT2D eigenvalue weighted by Gasteiger charge is -2.07. The fraction of sp³-hybridized carbons (Fsp3) is 0.286. The lowest BCUT2D eigenvalue weighted by Crippen LogP contribution is -2.14. The molecule has 1 N–H and O–H groups in total. The zero-order valence-electron chi connectivity index (χ0n) is 16.9. The van der Waals surface area contributed by atoms with Gasteiger partial charge in [-0.2, -0.15) is 0 Å². The number of carbonyl (C=O) groups is 2. The quantitative estimate of drug-likeness (QED) is 0.318. The number of rotatable bonds is 9. The number of hydrogen-bond acceptors (Lipinski definition) is 7. The molecule has 0 saturated heterocycles. The molecule has 0 spiro atoms. The van der Waals surface area contributed by atoms with Crippen molar-refractivity contribution in [2.75, 3.05) is 17.7 Å². The second-order valence-electron chi connectivity index (χ2n) is 6.50. The standard InChI is InChI=1S/C21H23N5O3S/c1-3-4-13-29-20(28)16-5-7-17(8-6-16)23-18(27)14-30-21-25-24-19(26(21)2)15-9-11-22-12-10-15/h5-12H,3-4,13-14H2,1-2H3,(H,23,27). The number of amides is 1. The largest absolute Gasteiger partial charge is 0.462 e. The minimum atomic E-state index is -0.357. The summed E-state index contributed by atoms with van der Waals surface area (Å²) in [6, 6.07) is 10.4. The second kappa shape index (κ2) is 10.5. The molecule has 2 heterocycles. The third kappa shape index (κ3) is 5.66. The van der Waals surface area contributed by atoms with Crippen LogP contribution in [0.2, 0.25) is 0 Å². The Balaban J connectivity index is 1.52. The van der Waals surface area contributed by atoms with Crippen LogP contribution in [0.3, 0.4) is 0 Å². The van der Waals surface area contributed by atoms with Crippen molar-refractivity contribution in [3.8, 4) is 11.4 Å². The van der Waals surface area contributed by atoms with Crippen LogP contribution in [-0.4, -0.2) is 44.0 Å². The van der Waals surface area contributed by atoms with Crippen molar-refractivity contribution in [3.63, 3.8) is 0 Å². The van der Waals surface area contributed by atoms with Gasteiger partial charge >= 0.3 is 5.97 Å². The monoisotopic (exact) mass is 425 g/mol. The topological polar surface area (TPSA) is 99.0 Å². The van der Waals surface area contributed by atoms with Gasteiger partial charge in [0.2, 0.25) is 5.91 Å². The van der Waals surface area contributed by atoms with Gasteiger partial charge in [-0.25, -0.2) is 4.79 Å². The van der Waals surface area contributed by atoms with E-state index < -0.39 is 0 Å². The van der Waals surface area contributed by atoms with Crippen LogP contribution < -0.4 is 5.32 Å². The molecule has 0 aliphatic carbocycles. The molecule has 0 fully saturated rings. The van der Waals surface area contributed by atoms with Crippen LogP contribution >= 0.6 is 11.8 Å². The Morgan fingerprint density at radius 1 is 1.10 bits per heavy atom. The molecular weight excluding hydrogens is 402 g/mol. The van der Waals surface area contributed by atoms with Crippen LogP contribution in [0.4, 0.5) is 5.69 Å². The summed E-state index contributed by atoms with van der Waals surface area (Å²) < 4.78 is 7.01. The lowest BCUT2D eigenvalue weighted by atomic mass is 10.2. The summed E-state index contributed by atoms with van der Waals surface area (Å²) in [4.78, 5) is 28.2. The van der Waals surface area contributed by atoms with Gasteiger partial charge in [0.05, 0.1) is 17.9 Å². The highest BCUT2D eigenvalue weighted by molar-refractivity contribution is 7.99. The predicted molar refractivity (Wildman–Crippen MR) is 115 cm³/mol. The first-order valence-corrected chi connectivity index (χ1v) is 10.6. The molecule has 0 atom stereocenters. The van der Waals surface area contributed by atoms with Crippen molar-refractivity contribution >= 4 is 29.3 Å². The fourth-order valence-corrected chi connectivity index (χ4v) is 3.31. The SMILES string of the molecule is CCCCOC(=O)c1ccc(NC(=O)CSc2nnc(-c3ccncc3)n2C)cc1. The number of esters is 1. The van der Waals surface area contributed by atoms with Gasteiger partial charge in [-0.1, -0.05) is 25.1 Å². The molecule has 2 aromatic heterocycles. The molecule has 8 nitrogen and oxygen atoms in total. The minimum Gasteiger partial charge on any atom is -0.462 e. The van der Waals surface area contributed by atoms with Gasteiger partial charge in [-0.3, -0.25) is 9.78 Å². The molecule has 3 aromatic rings. The van der Waals surface area contributed by atoms with Crippen molar-refractivity contribution < 1.29 is 14.3 Å². The number of unbranched alkanes of at least 4 members (excludes halogenated alkanes) is 1. The molecule has 30 heavy (non-hydrogen) atoms. The molecule has 0 unspecified atom stereocenters. The van der Waals surface area contributed by atoms with Crippen molar-refractivity contribution in [1.82, 2.24) is 19.7 Å². The van der Waals surface area contributed by atoms with Gasteiger partial charge in [0.25, 0.3) is 0 Å². The number of hydrogen-bond donors (Lipinski definition) is 1. The number of aromatic nitrogens is 4. The van der Waals surface area contributed by atoms with Gasteiger partial charge in [0.15, 0.2) is 11.0 Å². The zero-order chi connectivity index (χ0) is 21.3. The van der Waals surface area contributed by atoms with Gasteiger partial charge in [-0.05, 0) is 42.8 Å². The average molecular weight is 426 g/mol. The number of anilines is 1. The molecule has 0 saturated carbocycles. The Kier molecular flexibility index (Phi) is 7.56. The Hall–Kier alpha value is -3.20. The summed E-state index contributed by atoms with van der Waals surface area (Å²) in [5.74, 6) is 0.362. The average Bonchev–Trinajstić information content (AvgIpc) is 3.14. The van der Waals surface area contributed by atoms with Crippen LogP contribution in [0.15, 0.2) is 53.9 Å². The zero-order valence-corrected chi connectivity index (χ0v) is 17.7. The Bertz CT molecular complexity index is 990. The summed E-state index contributed by atoms with van der Waals surface area (Å²) in [5.41, 5.74) is 1.98. The van der Waals surface area contributed by atoms with Crippen LogP contribution in [0.1, 0.15) is 30.1 Å². The van der Waals surface area contributed by atoms with E-state index in [-0.39, 0.29) is 17.6 Å². The van der Waals surface area contributed by atoms with Crippen LogP contribution in [-0.2, 0) is 16.6 Å². The van der Waals surface area contributed by atoms with Crippen molar-refractivity contribution in [2.45, 2.75) is 24.9 Å². The van der Waals surface area contributed by atoms with E-state index in [1.807, 2.05) is 30.7 Å². The Morgan fingerprint density at radius 3 is 2.53 bits per heavy atom. The van der Waals surface area contributed by atoms with E-state index in [4.69, 9.17) is 4.74 Å². The van der Waals surface area contributed by atoms with E-state index in [0.29, 0.717) is 28.8 Å². The minimum absolute atomic E-state index is 0.174. The van der Waals surface area contributed by atoms with E-state index in [0.717, 1.165) is 18.4 Å². The third-order valence-electron chi connectivity index (χ3n) is 4.24. The molecule has 1 aromatic carbocycles. The fourth-order valence-electron chi connectivity index (χ4n) is 2.60. The number of carbonyl (C=O) groups excluding carboxylic acids is 2. The summed E-state index contributed by atoms with van der Waals surface area (Å²) in [5, 5.41) is 11.8. The molecule has 0 aliphatic heterocycles. The molecule has 0 radical (unpaired) electrons. The van der Waals surface area contributed by atoms with Crippen LogP contribution in [0.5, 0.6) is 0 Å². The summed E-state index contributed by atoms with van der Waals surface area (Å²) in [6.45, 7) is 2.45. The maximum absolute atomic E-state index is 12.3. The first kappa shape index (κ1) is 21.5. The Morgan fingerprint density at radius 2 is 1.83 bits per heavy atom. The van der Waals surface area contributed by atoms with E-state index in [2.05, 4.69) is 20.5 Å². The summed E-state index contributed by atoms with van der Waals surface area (Å²) in [6.07, 6.45) is 5.20. The van der Waals surface area contributed by atoms with E-state index in [1.165, 1.54) is 11.8 Å². The van der Waals surface area contributed by atoms with E-state index >= 15 is 0 Å². The number of nitrogens with zero attached hydrogens (tertiary/aromatic N) is 4. The highest BCUT2D eigenvalue weighted by Gasteiger charge is 2.13. The number of benzene rings is 1. The van der Waals surface area contributed by atoms with E-state index in [9.17, 15) is 9.59 Å². The van der Waals surface area contributed by atoms with Crippen molar-refractivity contribution in [3.05, 3.63) is 54.4 Å². The van der Waals surface area contributed by atoms with E-state index in [1.54, 1.807) is 36.7 Å². The maximum Gasteiger partial charge on any atom is 0.338 e. The smallest absolute Gasteiger partial charge is 0.338 e. The second-order valence-corrected chi connectivity index (χ2v) is 7.45. The molecular formula is C21H23N5O3S. The molecule has 156 valence electrons. The van der Waals surface area contributed by atoms with Crippen LogP contribution in [0.25, 0.3) is 11.4 Å². The number of nitrogens with one attached hydrogen (secondary N) is 1. The van der Waals surface area contributed by atoms with Gasteiger partial charge < -0.3 is 14.6 Å². The number of ether oxygens (including phenoxy) is 1. The first-order chi connectivity index (χ1) is 14.6. The molecule has 3 rings (SSSR count). The molecule has 1 amide bonds. The first-order valence-electron chi connectivity index (χ1n) is 9.58. The van der Waals surface area contributed by atoms with Gasteiger partial charge in [-0.15, -0.1) is 10.2 Å². The third-order valence-corrected chi connectivity index (χ3v) is 5.26.